The first-order valence-corrected chi connectivity index (χ1v) is 7.85. The summed E-state index contributed by atoms with van der Waals surface area (Å²) in [6.07, 6.45) is 2.98. The van der Waals surface area contributed by atoms with Crippen molar-refractivity contribution >= 4 is 17.5 Å². The SMILES string of the molecule is CCCCC(=O)NCC1CC(=O)N(c2ccc(OC)cc2)C1. The highest BCUT2D eigenvalue weighted by Crippen LogP contribution is 2.26. The predicted molar refractivity (Wildman–Crippen MR) is 86.0 cm³/mol. The molecule has 5 heteroatoms. The van der Waals surface area contributed by atoms with Crippen molar-refractivity contribution in [3.05, 3.63) is 24.3 Å². The van der Waals surface area contributed by atoms with E-state index in [2.05, 4.69) is 12.2 Å². The number of hydrogen-bond donors (Lipinski definition) is 1. The monoisotopic (exact) mass is 304 g/mol. The average molecular weight is 304 g/mol. The van der Waals surface area contributed by atoms with Gasteiger partial charge in [0.2, 0.25) is 11.8 Å². The van der Waals surface area contributed by atoms with Crippen molar-refractivity contribution in [1.29, 1.82) is 0 Å². The molecule has 0 aliphatic carbocycles. The summed E-state index contributed by atoms with van der Waals surface area (Å²) in [4.78, 5) is 25.6. The van der Waals surface area contributed by atoms with Gasteiger partial charge in [0.05, 0.1) is 7.11 Å². The minimum Gasteiger partial charge on any atom is -0.497 e. The average Bonchev–Trinajstić information content (AvgIpc) is 2.92. The van der Waals surface area contributed by atoms with Gasteiger partial charge in [0.25, 0.3) is 0 Å². The Morgan fingerprint density at radius 3 is 2.73 bits per heavy atom. The van der Waals surface area contributed by atoms with Gasteiger partial charge in [-0.25, -0.2) is 0 Å². The Labute approximate surface area is 131 Å². The standard InChI is InChI=1S/C17H24N2O3/c1-3-4-5-16(20)18-11-13-10-17(21)19(12-13)14-6-8-15(22-2)9-7-14/h6-9,13H,3-5,10-12H2,1-2H3,(H,18,20). The Hall–Kier alpha value is -2.04. The Morgan fingerprint density at radius 1 is 1.36 bits per heavy atom. The second-order valence-electron chi connectivity index (χ2n) is 5.68. The summed E-state index contributed by atoms with van der Waals surface area (Å²) in [5.74, 6) is 1.14. The molecule has 1 heterocycles. The number of ether oxygens (including phenoxy) is 1. The van der Waals surface area contributed by atoms with Gasteiger partial charge < -0.3 is 15.0 Å². The van der Waals surface area contributed by atoms with E-state index in [9.17, 15) is 9.59 Å². The second-order valence-corrected chi connectivity index (χ2v) is 5.68. The van der Waals surface area contributed by atoms with Crippen molar-refractivity contribution in [3.8, 4) is 5.75 Å². The van der Waals surface area contributed by atoms with Crippen LogP contribution in [0.5, 0.6) is 5.75 Å². The number of methoxy groups -OCH3 is 1. The van der Waals surface area contributed by atoms with Gasteiger partial charge in [0, 0.05) is 37.5 Å². The van der Waals surface area contributed by atoms with Gasteiger partial charge in [-0.05, 0) is 30.7 Å². The molecule has 1 fully saturated rings. The second kappa shape index (κ2) is 7.82. The van der Waals surface area contributed by atoms with Gasteiger partial charge >= 0.3 is 0 Å². The van der Waals surface area contributed by atoms with Crippen LogP contribution in [0.2, 0.25) is 0 Å². The highest BCUT2D eigenvalue weighted by molar-refractivity contribution is 5.95. The molecule has 0 radical (unpaired) electrons. The minimum absolute atomic E-state index is 0.0807. The molecule has 0 saturated carbocycles. The molecule has 1 unspecified atom stereocenters. The van der Waals surface area contributed by atoms with Gasteiger partial charge in [-0.3, -0.25) is 9.59 Å². The predicted octanol–water partition coefficient (Wildman–Crippen LogP) is 2.35. The van der Waals surface area contributed by atoms with Crippen LogP contribution in [0.15, 0.2) is 24.3 Å². The number of carbonyl (C=O) groups excluding carboxylic acids is 2. The van der Waals surface area contributed by atoms with Crippen molar-refractivity contribution < 1.29 is 14.3 Å². The summed E-state index contributed by atoms with van der Waals surface area (Å²) in [7, 11) is 1.62. The maximum absolute atomic E-state index is 12.1. The molecular formula is C17H24N2O3. The molecule has 1 aromatic rings. The number of unbranched alkanes of at least 4 members (excludes halogenated alkanes) is 1. The lowest BCUT2D eigenvalue weighted by molar-refractivity contribution is -0.121. The van der Waals surface area contributed by atoms with Gasteiger partial charge in [0.15, 0.2) is 0 Å². The van der Waals surface area contributed by atoms with Crippen LogP contribution in [0.4, 0.5) is 5.69 Å². The van der Waals surface area contributed by atoms with Crippen LogP contribution >= 0.6 is 0 Å². The van der Waals surface area contributed by atoms with Crippen LogP contribution in [-0.2, 0) is 9.59 Å². The number of carbonyl (C=O) groups is 2. The lowest BCUT2D eigenvalue weighted by Crippen LogP contribution is -2.31. The summed E-state index contributed by atoms with van der Waals surface area (Å²) >= 11 is 0. The van der Waals surface area contributed by atoms with Crippen molar-refractivity contribution in [3.63, 3.8) is 0 Å². The number of hydrogen-bond acceptors (Lipinski definition) is 3. The molecule has 0 bridgehead atoms. The summed E-state index contributed by atoms with van der Waals surface area (Å²) in [6, 6.07) is 7.48. The number of anilines is 1. The first-order valence-electron chi connectivity index (χ1n) is 7.85. The fourth-order valence-corrected chi connectivity index (χ4v) is 2.61. The highest BCUT2D eigenvalue weighted by atomic mass is 16.5. The smallest absolute Gasteiger partial charge is 0.227 e. The zero-order chi connectivity index (χ0) is 15.9. The number of benzene rings is 1. The maximum Gasteiger partial charge on any atom is 0.227 e. The Morgan fingerprint density at radius 2 is 2.09 bits per heavy atom. The number of rotatable bonds is 7. The maximum atomic E-state index is 12.1. The molecule has 1 aliphatic rings. The van der Waals surface area contributed by atoms with E-state index in [1.807, 2.05) is 24.3 Å². The third kappa shape index (κ3) is 4.23. The Kier molecular flexibility index (Phi) is 5.81. The molecule has 2 amide bonds. The van der Waals surface area contributed by atoms with Gasteiger partial charge in [-0.1, -0.05) is 13.3 Å². The number of amides is 2. The molecular weight excluding hydrogens is 280 g/mol. The van der Waals surface area contributed by atoms with Gasteiger partial charge in [-0.2, -0.15) is 0 Å². The Bertz CT molecular complexity index is 513. The van der Waals surface area contributed by atoms with Crippen LogP contribution in [0.3, 0.4) is 0 Å². The normalized spacial score (nSPS) is 17.6. The topological polar surface area (TPSA) is 58.6 Å². The van der Waals surface area contributed by atoms with E-state index >= 15 is 0 Å². The van der Waals surface area contributed by atoms with Gasteiger partial charge in [-0.15, -0.1) is 0 Å². The van der Waals surface area contributed by atoms with E-state index in [1.165, 1.54) is 0 Å². The summed E-state index contributed by atoms with van der Waals surface area (Å²) in [5.41, 5.74) is 0.880. The fraction of sp³-hybridized carbons (Fsp3) is 0.529. The summed E-state index contributed by atoms with van der Waals surface area (Å²) in [6.45, 7) is 3.29. The van der Waals surface area contributed by atoms with Crippen LogP contribution in [0.1, 0.15) is 32.6 Å². The lowest BCUT2D eigenvalue weighted by atomic mass is 10.1. The number of nitrogens with zero attached hydrogens (tertiary/aromatic N) is 1. The first-order chi connectivity index (χ1) is 10.6. The molecule has 0 aromatic heterocycles. The van der Waals surface area contributed by atoms with Crippen LogP contribution in [0.25, 0.3) is 0 Å². The Balaban J connectivity index is 1.86. The molecule has 1 aromatic carbocycles. The third-order valence-corrected chi connectivity index (χ3v) is 3.93. The van der Waals surface area contributed by atoms with Gasteiger partial charge in [0.1, 0.15) is 5.75 Å². The zero-order valence-corrected chi connectivity index (χ0v) is 13.3. The molecule has 1 N–H and O–H groups in total. The molecule has 5 nitrogen and oxygen atoms in total. The van der Waals surface area contributed by atoms with Crippen LogP contribution in [0, 0.1) is 5.92 Å². The first kappa shape index (κ1) is 16.3. The molecule has 1 aliphatic heterocycles. The van der Waals surface area contributed by atoms with E-state index in [0.717, 1.165) is 24.3 Å². The van der Waals surface area contributed by atoms with Crippen molar-refractivity contribution in [2.24, 2.45) is 5.92 Å². The third-order valence-electron chi connectivity index (χ3n) is 3.93. The summed E-state index contributed by atoms with van der Waals surface area (Å²) in [5, 5.41) is 2.93. The van der Waals surface area contributed by atoms with E-state index in [0.29, 0.717) is 25.9 Å². The molecule has 1 saturated heterocycles. The molecule has 2 rings (SSSR count). The van der Waals surface area contributed by atoms with Crippen molar-refractivity contribution in [2.75, 3.05) is 25.1 Å². The highest BCUT2D eigenvalue weighted by Gasteiger charge is 2.30. The quantitative estimate of drug-likeness (QED) is 0.841. The van der Waals surface area contributed by atoms with E-state index in [-0.39, 0.29) is 17.7 Å². The van der Waals surface area contributed by atoms with Crippen LogP contribution in [-0.4, -0.2) is 32.0 Å². The summed E-state index contributed by atoms with van der Waals surface area (Å²) < 4.78 is 5.13. The molecule has 22 heavy (non-hydrogen) atoms. The fourth-order valence-electron chi connectivity index (χ4n) is 2.61. The molecule has 120 valence electrons. The lowest BCUT2D eigenvalue weighted by Gasteiger charge is -2.17. The van der Waals surface area contributed by atoms with E-state index in [4.69, 9.17) is 4.74 Å². The van der Waals surface area contributed by atoms with E-state index in [1.54, 1.807) is 12.0 Å². The molecule has 1 atom stereocenters. The minimum atomic E-state index is 0.0807. The van der Waals surface area contributed by atoms with E-state index < -0.39 is 0 Å². The number of nitrogens with one attached hydrogen (secondary N) is 1. The molecule has 0 spiro atoms. The van der Waals surface area contributed by atoms with Crippen molar-refractivity contribution in [1.82, 2.24) is 5.32 Å². The van der Waals surface area contributed by atoms with Crippen LogP contribution < -0.4 is 15.0 Å². The van der Waals surface area contributed by atoms with Crippen molar-refractivity contribution in [2.45, 2.75) is 32.6 Å². The zero-order valence-electron chi connectivity index (χ0n) is 13.3. The largest absolute Gasteiger partial charge is 0.497 e.